The molecule has 6 rings (SSSR count). The number of methoxy groups -OCH3 is 3. The zero-order chi connectivity index (χ0) is 40.5. The molecule has 2 aliphatic heterocycles. The van der Waals surface area contributed by atoms with Crippen molar-refractivity contribution in [3.8, 4) is 22.6 Å². The molecule has 0 saturated carbocycles. The Morgan fingerprint density at radius 1 is 0.893 bits per heavy atom. The van der Waals surface area contributed by atoms with Crippen molar-refractivity contribution in [1.82, 2.24) is 19.0 Å². The maximum atomic E-state index is 13.6. The molecule has 0 spiro atoms. The van der Waals surface area contributed by atoms with E-state index in [4.69, 9.17) is 18.9 Å². The topological polar surface area (TPSA) is 168 Å². The standard InChI is InChI=1S/C41H49N7O8/c1-40(2,23-41(3,4)56-22-25-14-15-48-31(25)19-42-29-18-33(54-8)32(53-7)17-28(29)37(48)50)39(52)45-34-21-47(6)35(44-34)36(49)43-27-12-10-24(11-13-27)26-16-30(38(51)55-9)46(5)20-26/h10-13,16-21,25,31H,14-15,22-23H2,1-9H3,(H,43,49)(H,45,52). The number of carbonyl (C=O) groups is 4. The molecule has 2 N–H and O–H groups in total. The highest BCUT2D eigenvalue weighted by molar-refractivity contribution is 6.04. The number of carbonyl (C=O) groups excluding carboxylic acids is 4. The summed E-state index contributed by atoms with van der Waals surface area (Å²) >= 11 is 0. The number of nitrogens with zero attached hydrogens (tertiary/aromatic N) is 5. The summed E-state index contributed by atoms with van der Waals surface area (Å²) in [6, 6.07) is 12.1. The molecule has 2 aliphatic rings. The highest BCUT2D eigenvalue weighted by atomic mass is 16.5. The first kappa shape index (κ1) is 39.7. The summed E-state index contributed by atoms with van der Waals surface area (Å²) in [5, 5.41) is 5.73. The fraction of sp³-hybridized carbons (Fsp3) is 0.415. The monoisotopic (exact) mass is 767 g/mol. The lowest BCUT2D eigenvalue weighted by Crippen LogP contribution is -2.42. The van der Waals surface area contributed by atoms with Gasteiger partial charge in [0.05, 0.1) is 50.8 Å². The van der Waals surface area contributed by atoms with Crippen LogP contribution in [-0.2, 0) is 28.4 Å². The van der Waals surface area contributed by atoms with E-state index in [9.17, 15) is 19.2 Å². The normalized spacial score (nSPS) is 16.5. The van der Waals surface area contributed by atoms with Gasteiger partial charge in [0.15, 0.2) is 17.3 Å². The minimum Gasteiger partial charge on any atom is -0.493 e. The molecular weight excluding hydrogens is 718 g/mol. The number of aliphatic imine (C=N–C) groups is 1. The second kappa shape index (κ2) is 15.6. The van der Waals surface area contributed by atoms with E-state index < -0.39 is 22.9 Å². The number of anilines is 2. The Kier molecular flexibility index (Phi) is 11.1. The average Bonchev–Trinajstić information content (AvgIpc) is 3.85. The predicted octanol–water partition coefficient (Wildman–Crippen LogP) is 5.88. The highest BCUT2D eigenvalue weighted by Gasteiger charge is 2.41. The van der Waals surface area contributed by atoms with Crippen LogP contribution in [0.5, 0.6) is 11.5 Å². The number of nitrogens with one attached hydrogen (secondary N) is 2. The lowest BCUT2D eigenvalue weighted by Gasteiger charge is -2.35. The average molecular weight is 768 g/mol. The molecule has 2 aromatic carbocycles. The Bertz CT molecular complexity index is 2180. The van der Waals surface area contributed by atoms with E-state index in [1.54, 1.807) is 66.9 Å². The number of benzene rings is 2. The molecule has 56 heavy (non-hydrogen) atoms. The van der Waals surface area contributed by atoms with Crippen LogP contribution >= 0.6 is 0 Å². The van der Waals surface area contributed by atoms with Gasteiger partial charge in [-0.05, 0) is 56.5 Å². The van der Waals surface area contributed by atoms with Gasteiger partial charge in [-0.15, -0.1) is 0 Å². The molecule has 4 aromatic rings. The van der Waals surface area contributed by atoms with Gasteiger partial charge in [0, 0.05) is 67.9 Å². The lowest BCUT2D eigenvalue weighted by atomic mass is 9.80. The number of hydrogen-bond donors (Lipinski definition) is 2. The van der Waals surface area contributed by atoms with Crippen LogP contribution < -0.4 is 20.1 Å². The van der Waals surface area contributed by atoms with E-state index in [0.717, 1.165) is 17.5 Å². The molecule has 15 heteroatoms. The molecule has 15 nitrogen and oxygen atoms in total. The van der Waals surface area contributed by atoms with Crippen LogP contribution in [0.4, 0.5) is 17.2 Å². The number of esters is 1. The largest absolute Gasteiger partial charge is 0.493 e. The van der Waals surface area contributed by atoms with Gasteiger partial charge in [-0.25, -0.2) is 9.78 Å². The summed E-state index contributed by atoms with van der Waals surface area (Å²) < 4.78 is 25.4. The number of rotatable bonds is 13. The molecule has 2 atom stereocenters. The third-order valence-electron chi connectivity index (χ3n) is 10.3. The highest BCUT2D eigenvalue weighted by Crippen LogP contribution is 2.39. The zero-order valence-electron chi connectivity index (χ0n) is 33.3. The van der Waals surface area contributed by atoms with Crippen LogP contribution in [0.1, 0.15) is 72.0 Å². The molecule has 0 aliphatic carbocycles. The SMILES string of the molecule is COC(=O)c1cc(-c2ccc(NC(=O)c3nc(NC(=O)C(C)(C)CC(C)(C)OCC4CCN5C(=O)c6cc(OC)c(OC)cc6N=CC45)cn3C)cc2)cn1C. The number of amides is 3. The fourth-order valence-electron chi connectivity index (χ4n) is 7.47. The van der Waals surface area contributed by atoms with Gasteiger partial charge in [-0.2, -0.15) is 0 Å². The van der Waals surface area contributed by atoms with Crippen molar-refractivity contribution in [2.45, 2.75) is 52.2 Å². The quantitative estimate of drug-likeness (QED) is 0.158. The van der Waals surface area contributed by atoms with Crippen molar-refractivity contribution in [1.29, 1.82) is 0 Å². The molecule has 2 unspecified atom stereocenters. The van der Waals surface area contributed by atoms with Crippen LogP contribution in [0, 0.1) is 11.3 Å². The number of imidazole rings is 1. The molecule has 0 bridgehead atoms. The Balaban J connectivity index is 1.04. The maximum Gasteiger partial charge on any atom is 0.354 e. The first-order valence-electron chi connectivity index (χ1n) is 18.3. The summed E-state index contributed by atoms with van der Waals surface area (Å²) in [5.74, 6) is 0.0762. The molecule has 1 saturated heterocycles. The van der Waals surface area contributed by atoms with Gasteiger partial charge < -0.3 is 43.6 Å². The van der Waals surface area contributed by atoms with Gasteiger partial charge in [-0.1, -0.05) is 26.0 Å². The van der Waals surface area contributed by atoms with E-state index in [1.807, 2.05) is 57.1 Å². The minimum absolute atomic E-state index is 0.0122. The van der Waals surface area contributed by atoms with Gasteiger partial charge in [0.25, 0.3) is 11.8 Å². The summed E-state index contributed by atoms with van der Waals surface area (Å²) in [6.45, 7) is 8.52. The van der Waals surface area contributed by atoms with E-state index in [-0.39, 0.29) is 35.4 Å². The van der Waals surface area contributed by atoms with Crippen molar-refractivity contribution < 1.29 is 38.1 Å². The summed E-state index contributed by atoms with van der Waals surface area (Å²) in [7, 11) is 7.86. The maximum absolute atomic E-state index is 13.6. The Morgan fingerprint density at radius 3 is 2.27 bits per heavy atom. The van der Waals surface area contributed by atoms with Gasteiger partial charge in [0.1, 0.15) is 5.69 Å². The third-order valence-corrected chi connectivity index (χ3v) is 10.3. The van der Waals surface area contributed by atoms with Gasteiger partial charge in [0.2, 0.25) is 11.7 Å². The second-order valence-electron chi connectivity index (χ2n) is 15.4. The summed E-state index contributed by atoms with van der Waals surface area (Å²) in [6.07, 6.45) is 6.37. The molecule has 0 radical (unpaired) electrons. The van der Waals surface area contributed by atoms with Gasteiger partial charge in [-0.3, -0.25) is 19.4 Å². The van der Waals surface area contributed by atoms with Crippen molar-refractivity contribution in [3.63, 3.8) is 0 Å². The predicted molar refractivity (Wildman–Crippen MR) is 211 cm³/mol. The van der Waals surface area contributed by atoms with Crippen molar-refractivity contribution in [2.24, 2.45) is 30.4 Å². The number of aromatic nitrogens is 3. The molecule has 4 heterocycles. The van der Waals surface area contributed by atoms with Crippen LogP contribution in [0.2, 0.25) is 0 Å². The Hall–Kier alpha value is -5.96. The van der Waals surface area contributed by atoms with E-state index in [1.165, 1.54) is 14.2 Å². The van der Waals surface area contributed by atoms with Crippen molar-refractivity contribution in [3.05, 3.63) is 71.9 Å². The number of fused-ring (bicyclic) bond motifs is 2. The Morgan fingerprint density at radius 2 is 1.59 bits per heavy atom. The molecular formula is C41H49N7O8. The molecule has 3 amide bonds. The minimum atomic E-state index is -0.872. The van der Waals surface area contributed by atoms with Crippen LogP contribution in [-0.4, -0.2) is 95.0 Å². The van der Waals surface area contributed by atoms with Crippen LogP contribution in [0.25, 0.3) is 11.1 Å². The number of aryl methyl sites for hydroxylation is 2. The van der Waals surface area contributed by atoms with Crippen molar-refractivity contribution >= 4 is 47.1 Å². The zero-order valence-corrected chi connectivity index (χ0v) is 33.3. The first-order chi connectivity index (χ1) is 26.5. The van der Waals surface area contributed by atoms with Crippen molar-refractivity contribution in [2.75, 3.05) is 45.1 Å². The van der Waals surface area contributed by atoms with E-state index in [0.29, 0.717) is 53.7 Å². The van der Waals surface area contributed by atoms with E-state index >= 15 is 0 Å². The summed E-state index contributed by atoms with van der Waals surface area (Å²) in [5.41, 5.74) is 2.09. The third kappa shape index (κ3) is 8.17. The van der Waals surface area contributed by atoms with Gasteiger partial charge >= 0.3 is 5.97 Å². The van der Waals surface area contributed by atoms with Crippen LogP contribution in [0.15, 0.2) is 59.9 Å². The number of hydrogen-bond acceptors (Lipinski definition) is 10. The first-order valence-corrected chi connectivity index (χ1v) is 18.3. The fourth-order valence-corrected chi connectivity index (χ4v) is 7.47. The molecule has 296 valence electrons. The lowest BCUT2D eigenvalue weighted by molar-refractivity contribution is -0.129. The summed E-state index contributed by atoms with van der Waals surface area (Å²) in [4.78, 5) is 63.4. The molecule has 2 aromatic heterocycles. The Labute approximate surface area is 326 Å². The second-order valence-corrected chi connectivity index (χ2v) is 15.4. The number of ether oxygens (including phenoxy) is 4. The van der Waals surface area contributed by atoms with E-state index in [2.05, 4.69) is 20.6 Å². The smallest absolute Gasteiger partial charge is 0.354 e. The molecule has 1 fully saturated rings. The van der Waals surface area contributed by atoms with Crippen LogP contribution in [0.3, 0.4) is 0 Å².